The number of methoxy groups -OCH3 is 1. The van der Waals surface area contributed by atoms with E-state index < -0.39 is 42.2 Å². The number of ether oxygens (including phenoxy) is 3. The Morgan fingerprint density at radius 1 is 0.909 bits per heavy atom. The summed E-state index contributed by atoms with van der Waals surface area (Å²) in [6, 6.07) is 5.58. The number of hydrogen-bond acceptors (Lipinski definition) is 4. The Morgan fingerprint density at radius 3 is 1.94 bits per heavy atom. The highest BCUT2D eigenvalue weighted by Crippen LogP contribution is 2.37. The summed E-state index contributed by atoms with van der Waals surface area (Å²) < 4.78 is 94.3. The van der Waals surface area contributed by atoms with Crippen LogP contribution in [0.3, 0.4) is 0 Å². The monoisotopic (exact) mass is 480 g/mol. The van der Waals surface area contributed by atoms with Crippen molar-refractivity contribution in [3.63, 3.8) is 0 Å². The molecule has 11 heteroatoms. The first-order chi connectivity index (χ1) is 15.2. The maximum Gasteiger partial charge on any atom is 0.416 e. The van der Waals surface area contributed by atoms with Crippen LogP contribution in [0.1, 0.15) is 36.1 Å². The van der Waals surface area contributed by atoms with Crippen molar-refractivity contribution in [2.75, 3.05) is 7.11 Å². The topological polar surface area (TPSA) is 65.0 Å². The summed E-state index contributed by atoms with van der Waals surface area (Å²) in [4.78, 5) is 11.4. The van der Waals surface area contributed by atoms with Gasteiger partial charge in [-0.05, 0) is 55.3 Å². The summed E-state index contributed by atoms with van der Waals surface area (Å²) in [5, 5.41) is 9.32. The van der Waals surface area contributed by atoms with Gasteiger partial charge in [-0.1, -0.05) is 6.07 Å². The second kappa shape index (κ2) is 10.3. The minimum absolute atomic E-state index is 0.0228. The molecule has 0 bridgehead atoms. The Balaban J connectivity index is 2.32. The second-order valence-corrected chi connectivity index (χ2v) is 7.40. The number of carboxylic acids is 1. The summed E-state index contributed by atoms with van der Waals surface area (Å²) in [5.74, 6) is -1.00. The van der Waals surface area contributed by atoms with E-state index in [2.05, 4.69) is 0 Å². The molecule has 0 saturated heterocycles. The Hall–Kier alpha value is -2.95. The second-order valence-electron chi connectivity index (χ2n) is 7.40. The molecule has 1 unspecified atom stereocenters. The predicted octanol–water partition coefficient (Wildman–Crippen LogP) is 5.73. The van der Waals surface area contributed by atoms with Crippen LogP contribution in [0.2, 0.25) is 0 Å². The summed E-state index contributed by atoms with van der Waals surface area (Å²) in [6.07, 6.45) is -11.5. The molecular formula is C22H22F6O5. The quantitative estimate of drug-likeness (QED) is 0.465. The summed E-state index contributed by atoms with van der Waals surface area (Å²) in [6.45, 7) is 2.73. The van der Waals surface area contributed by atoms with Gasteiger partial charge >= 0.3 is 18.3 Å². The van der Waals surface area contributed by atoms with Crippen molar-refractivity contribution in [3.05, 3.63) is 58.7 Å². The zero-order chi connectivity index (χ0) is 25.0. The fourth-order valence-corrected chi connectivity index (χ4v) is 2.96. The van der Waals surface area contributed by atoms with Crippen LogP contribution >= 0.6 is 0 Å². The molecule has 0 aliphatic heterocycles. The fraction of sp³-hybridized carbons (Fsp3) is 0.409. The summed E-state index contributed by atoms with van der Waals surface area (Å²) in [5.41, 5.74) is -2.80. The Bertz CT molecular complexity index is 936. The molecule has 1 atom stereocenters. The van der Waals surface area contributed by atoms with E-state index in [0.717, 1.165) is 0 Å². The number of rotatable bonds is 9. The predicted molar refractivity (Wildman–Crippen MR) is 105 cm³/mol. The van der Waals surface area contributed by atoms with Gasteiger partial charge in [-0.25, -0.2) is 4.79 Å². The van der Waals surface area contributed by atoms with Crippen LogP contribution in [-0.2, 0) is 34.9 Å². The molecule has 0 saturated carbocycles. The molecule has 182 valence electrons. The molecule has 5 nitrogen and oxygen atoms in total. The normalized spacial score (nSPS) is 13.2. The standard InChI is InChI=1S/C22H22F6O5/c1-12(2)33-19(20(29)30)9-13-4-5-17(31-3)18(8-13)32-11-14-6-15(21(23,24)25)10-16(7-14)22(26,27)28/h4-8,10,12,19H,9,11H2,1-3H3,(H,29,30). The van der Waals surface area contributed by atoms with Crippen molar-refractivity contribution in [2.45, 2.75) is 51.4 Å². The zero-order valence-electron chi connectivity index (χ0n) is 17.9. The lowest BCUT2D eigenvalue weighted by molar-refractivity contribution is -0.153. The molecule has 0 spiro atoms. The van der Waals surface area contributed by atoms with Gasteiger partial charge < -0.3 is 19.3 Å². The van der Waals surface area contributed by atoms with E-state index in [1.54, 1.807) is 19.9 Å². The highest BCUT2D eigenvalue weighted by atomic mass is 19.4. The lowest BCUT2D eigenvalue weighted by Crippen LogP contribution is -2.29. The van der Waals surface area contributed by atoms with E-state index >= 15 is 0 Å². The summed E-state index contributed by atoms with van der Waals surface area (Å²) >= 11 is 0. The van der Waals surface area contributed by atoms with E-state index in [9.17, 15) is 36.2 Å². The van der Waals surface area contributed by atoms with Crippen LogP contribution in [0.4, 0.5) is 26.3 Å². The molecule has 0 radical (unpaired) electrons. The first-order valence-electron chi connectivity index (χ1n) is 9.67. The molecule has 1 N–H and O–H groups in total. The lowest BCUT2D eigenvalue weighted by Gasteiger charge is -2.18. The van der Waals surface area contributed by atoms with Crippen LogP contribution in [-0.4, -0.2) is 30.4 Å². The highest BCUT2D eigenvalue weighted by Gasteiger charge is 2.37. The first-order valence-corrected chi connectivity index (χ1v) is 9.67. The maximum absolute atomic E-state index is 13.1. The molecule has 0 heterocycles. The molecule has 0 aliphatic rings. The SMILES string of the molecule is COc1ccc(CC(OC(C)C)C(=O)O)cc1OCc1cc(C(F)(F)F)cc(C(F)(F)F)c1. The number of halogens is 6. The van der Waals surface area contributed by atoms with Gasteiger partial charge in [-0.3, -0.25) is 0 Å². The molecule has 2 aromatic carbocycles. The average molecular weight is 480 g/mol. The first kappa shape index (κ1) is 26.3. The average Bonchev–Trinajstić information content (AvgIpc) is 2.70. The van der Waals surface area contributed by atoms with Gasteiger partial charge in [0, 0.05) is 6.42 Å². The molecule has 0 amide bonds. The van der Waals surface area contributed by atoms with Crippen LogP contribution in [0, 0.1) is 0 Å². The minimum Gasteiger partial charge on any atom is -0.493 e. The third-order valence-electron chi connectivity index (χ3n) is 4.40. The molecule has 2 rings (SSSR count). The van der Waals surface area contributed by atoms with Crippen molar-refractivity contribution in [1.29, 1.82) is 0 Å². The molecule has 0 fully saturated rings. The Labute approximate surface area is 185 Å². The van der Waals surface area contributed by atoms with Gasteiger partial charge in [-0.2, -0.15) is 26.3 Å². The van der Waals surface area contributed by atoms with E-state index in [-0.39, 0.29) is 35.7 Å². The molecule has 0 aromatic heterocycles. The zero-order valence-corrected chi connectivity index (χ0v) is 17.9. The molecular weight excluding hydrogens is 458 g/mol. The van der Waals surface area contributed by atoms with Crippen molar-refractivity contribution in [2.24, 2.45) is 0 Å². The summed E-state index contributed by atoms with van der Waals surface area (Å²) in [7, 11) is 1.30. The van der Waals surface area contributed by atoms with E-state index in [0.29, 0.717) is 17.7 Å². The number of aliphatic carboxylic acids is 1. The van der Waals surface area contributed by atoms with E-state index in [1.165, 1.54) is 19.2 Å². The van der Waals surface area contributed by atoms with Gasteiger partial charge in [0.25, 0.3) is 0 Å². The van der Waals surface area contributed by atoms with Crippen molar-refractivity contribution in [3.8, 4) is 11.5 Å². The largest absolute Gasteiger partial charge is 0.493 e. The van der Waals surface area contributed by atoms with Gasteiger partial charge in [0.2, 0.25) is 0 Å². The van der Waals surface area contributed by atoms with Gasteiger partial charge in [-0.15, -0.1) is 0 Å². The minimum atomic E-state index is -4.98. The number of hydrogen-bond donors (Lipinski definition) is 1. The Morgan fingerprint density at radius 2 is 1.48 bits per heavy atom. The van der Waals surface area contributed by atoms with Crippen LogP contribution in [0.25, 0.3) is 0 Å². The number of carbonyl (C=O) groups is 1. The van der Waals surface area contributed by atoms with Gasteiger partial charge in [0.1, 0.15) is 6.61 Å². The maximum atomic E-state index is 13.1. The third-order valence-corrected chi connectivity index (χ3v) is 4.40. The number of carboxylic acid groups (broad SMARTS) is 1. The molecule has 2 aromatic rings. The number of alkyl halides is 6. The lowest BCUT2D eigenvalue weighted by atomic mass is 10.0. The number of benzene rings is 2. The van der Waals surface area contributed by atoms with Crippen molar-refractivity contribution in [1.82, 2.24) is 0 Å². The van der Waals surface area contributed by atoms with Gasteiger partial charge in [0.05, 0.1) is 24.3 Å². The van der Waals surface area contributed by atoms with Crippen LogP contribution in [0.5, 0.6) is 11.5 Å². The van der Waals surface area contributed by atoms with Crippen LogP contribution < -0.4 is 9.47 Å². The van der Waals surface area contributed by atoms with Crippen molar-refractivity contribution < 1.29 is 50.5 Å². The van der Waals surface area contributed by atoms with Crippen LogP contribution in [0.15, 0.2) is 36.4 Å². The van der Waals surface area contributed by atoms with E-state index in [1.807, 2.05) is 0 Å². The Kier molecular flexibility index (Phi) is 8.23. The highest BCUT2D eigenvalue weighted by molar-refractivity contribution is 5.72. The molecule has 0 aliphatic carbocycles. The smallest absolute Gasteiger partial charge is 0.416 e. The van der Waals surface area contributed by atoms with Gasteiger partial charge in [0.15, 0.2) is 17.6 Å². The van der Waals surface area contributed by atoms with E-state index in [4.69, 9.17) is 14.2 Å². The fourth-order valence-electron chi connectivity index (χ4n) is 2.96. The third kappa shape index (κ3) is 7.55. The van der Waals surface area contributed by atoms with Crippen molar-refractivity contribution >= 4 is 5.97 Å². The molecule has 33 heavy (non-hydrogen) atoms.